The van der Waals surface area contributed by atoms with Crippen LogP contribution in [0.25, 0.3) is 10.8 Å². The molecule has 2 amide bonds. The highest BCUT2D eigenvalue weighted by atomic mass is 35.5. The Hall–Kier alpha value is -2.74. The molecule has 172 valence electrons. The second kappa shape index (κ2) is 11.9. The molecule has 0 saturated carbocycles. The van der Waals surface area contributed by atoms with E-state index in [1.54, 1.807) is 6.07 Å². The average Bonchev–Trinajstić information content (AvgIpc) is 2.80. The highest BCUT2D eigenvalue weighted by Gasteiger charge is 2.24. The summed E-state index contributed by atoms with van der Waals surface area (Å²) < 4.78 is 5.20. The average molecular weight is 505 g/mol. The fourth-order valence-corrected chi connectivity index (χ4v) is 4.12. The molecule has 9 heteroatoms. The summed E-state index contributed by atoms with van der Waals surface area (Å²) in [5.41, 5.74) is 0.815. The van der Waals surface area contributed by atoms with Gasteiger partial charge < -0.3 is 15.4 Å². The van der Waals surface area contributed by atoms with Crippen LogP contribution in [0.2, 0.25) is 10.0 Å². The molecule has 0 bridgehead atoms. The van der Waals surface area contributed by atoms with Crippen LogP contribution < -0.4 is 10.6 Å². The molecule has 0 aliphatic carbocycles. The molecular formula is C24H22Cl2N2O4S. The molecule has 0 spiro atoms. The highest BCUT2D eigenvalue weighted by Crippen LogP contribution is 2.23. The molecule has 0 radical (unpaired) electrons. The van der Waals surface area contributed by atoms with Crippen molar-refractivity contribution < 1.29 is 19.1 Å². The van der Waals surface area contributed by atoms with Crippen molar-refractivity contribution in [3.63, 3.8) is 0 Å². The summed E-state index contributed by atoms with van der Waals surface area (Å²) in [5, 5.41) is 7.83. The maximum Gasteiger partial charge on any atom is 0.329 e. The van der Waals surface area contributed by atoms with E-state index < -0.39 is 30.4 Å². The number of amides is 2. The number of carbonyl (C=O) groups is 3. The molecule has 0 saturated heterocycles. The summed E-state index contributed by atoms with van der Waals surface area (Å²) in [4.78, 5) is 37.7. The third-order valence-corrected chi connectivity index (χ3v) is 5.98. The van der Waals surface area contributed by atoms with Gasteiger partial charge in [-0.2, -0.15) is 11.8 Å². The van der Waals surface area contributed by atoms with Gasteiger partial charge in [-0.3, -0.25) is 9.59 Å². The third kappa shape index (κ3) is 6.87. The maximum absolute atomic E-state index is 12.6. The van der Waals surface area contributed by atoms with E-state index in [1.165, 1.54) is 30.0 Å². The van der Waals surface area contributed by atoms with Crippen molar-refractivity contribution in [1.82, 2.24) is 5.32 Å². The van der Waals surface area contributed by atoms with E-state index in [4.69, 9.17) is 27.9 Å². The van der Waals surface area contributed by atoms with Gasteiger partial charge in [-0.25, -0.2) is 4.79 Å². The van der Waals surface area contributed by atoms with Crippen LogP contribution in [-0.4, -0.2) is 42.4 Å². The summed E-state index contributed by atoms with van der Waals surface area (Å²) in [5.74, 6) is -1.10. The Morgan fingerprint density at radius 1 is 1.03 bits per heavy atom. The standard InChI is InChI=1S/C24H22Cl2N2O4S/c1-33-12-11-21(28-23(30)18-10-9-16(25)13-19(18)26)24(31)32-14-22(29)27-20-8-4-6-15-5-2-3-7-17(15)20/h2-10,13,21H,11-12,14H2,1H3,(H,27,29)(H,28,30). The van der Waals surface area contributed by atoms with Crippen LogP contribution in [0, 0.1) is 0 Å². The van der Waals surface area contributed by atoms with Crippen molar-refractivity contribution in [2.75, 3.05) is 23.9 Å². The fourth-order valence-electron chi connectivity index (χ4n) is 3.15. The molecule has 0 aliphatic rings. The Labute approximate surface area is 206 Å². The molecule has 3 aromatic rings. The van der Waals surface area contributed by atoms with E-state index in [9.17, 15) is 14.4 Å². The number of esters is 1. The predicted octanol–water partition coefficient (Wildman–Crippen LogP) is 5.18. The van der Waals surface area contributed by atoms with Gasteiger partial charge in [0.05, 0.1) is 10.6 Å². The van der Waals surface area contributed by atoms with Gasteiger partial charge >= 0.3 is 5.97 Å². The van der Waals surface area contributed by atoms with Crippen molar-refractivity contribution >= 4 is 69.2 Å². The zero-order valence-corrected chi connectivity index (χ0v) is 20.1. The second-order valence-corrected chi connectivity index (χ2v) is 8.94. The van der Waals surface area contributed by atoms with Gasteiger partial charge in [-0.05, 0) is 48.1 Å². The van der Waals surface area contributed by atoms with E-state index in [1.807, 2.05) is 42.7 Å². The first kappa shape index (κ1) is 24.9. The van der Waals surface area contributed by atoms with Gasteiger partial charge in [0, 0.05) is 16.1 Å². The number of ether oxygens (including phenoxy) is 1. The molecule has 2 N–H and O–H groups in total. The number of fused-ring (bicyclic) bond motifs is 1. The van der Waals surface area contributed by atoms with Crippen molar-refractivity contribution in [3.05, 3.63) is 76.3 Å². The number of hydrogen-bond acceptors (Lipinski definition) is 5. The van der Waals surface area contributed by atoms with E-state index in [0.717, 1.165) is 10.8 Å². The summed E-state index contributed by atoms with van der Waals surface area (Å²) >= 11 is 13.5. The molecule has 0 fully saturated rings. The molecule has 0 aliphatic heterocycles. The highest BCUT2D eigenvalue weighted by molar-refractivity contribution is 7.98. The van der Waals surface area contributed by atoms with Crippen LogP contribution in [0.5, 0.6) is 0 Å². The maximum atomic E-state index is 12.6. The molecule has 3 rings (SSSR count). The van der Waals surface area contributed by atoms with Crippen LogP contribution >= 0.6 is 35.0 Å². The first-order chi connectivity index (χ1) is 15.9. The largest absolute Gasteiger partial charge is 0.454 e. The van der Waals surface area contributed by atoms with E-state index in [2.05, 4.69) is 10.6 Å². The van der Waals surface area contributed by atoms with Crippen molar-refractivity contribution in [2.45, 2.75) is 12.5 Å². The number of carbonyl (C=O) groups excluding carboxylic acids is 3. The van der Waals surface area contributed by atoms with Gasteiger partial charge in [0.15, 0.2) is 6.61 Å². The van der Waals surface area contributed by atoms with E-state index >= 15 is 0 Å². The number of hydrogen-bond donors (Lipinski definition) is 2. The minimum absolute atomic E-state index is 0.173. The first-order valence-electron chi connectivity index (χ1n) is 10.1. The van der Waals surface area contributed by atoms with Crippen molar-refractivity contribution in [2.24, 2.45) is 0 Å². The molecule has 1 unspecified atom stereocenters. The molecular weight excluding hydrogens is 483 g/mol. The fraction of sp³-hybridized carbons (Fsp3) is 0.208. The molecule has 0 aromatic heterocycles. The van der Waals surface area contributed by atoms with Crippen molar-refractivity contribution in [1.29, 1.82) is 0 Å². The Kier molecular flexibility index (Phi) is 9.00. The number of benzene rings is 3. The van der Waals surface area contributed by atoms with Crippen LogP contribution in [0.15, 0.2) is 60.7 Å². The SMILES string of the molecule is CSCCC(NC(=O)c1ccc(Cl)cc1Cl)C(=O)OCC(=O)Nc1cccc2ccccc12. The quantitative estimate of drug-likeness (QED) is 0.392. The van der Waals surface area contributed by atoms with Gasteiger partial charge in [-0.15, -0.1) is 0 Å². The second-order valence-electron chi connectivity index (χ2n) is 7.11. The summed E-state index contributed by atoms with van der Waals surface area (Å²) in [6.45, 7) is -0.477. The zero-order chi connectivity index (χ0) is 23.8. The lowest BCUT2D eigenvalue weighted by atomic mass is 10.1. The van der Waals surface area contributed by atoms with Gasteiger partial charge in [0.2, 0.25) is 0 Å². The van der Waals surface area contributed by atoms with Gasteiger partial charge in [0.1, 0.15) is 6.04 Å². The Bertz CT molecular complexity index is 1170. The van der Waals surface area contributed by atoms with Crippen LogP contribution in [0.3, 0.4) is 0 Å². The van der Waals surface area contributed by atoms with Crippen molar-refractivity contribution in [3.8, 4) is 0 Å². The summed E-state index contributed by atoms with van der Waals surface area (Å²) in [6.07, 6.45) is 2.22. The van der Waals surface area contributed by atoms with Crippen LogP contribution in [0.1, 0.15) is 16.8 Å². The summed E-state index contributed by atoms with van der Waals surface area (Å²) in [7, 11) is 0. The number of halogens is 2. The zero-order valence-electron chi connectivity index (χ0n) is 17.8. The Morgan fingerprint density at radius 2 is 1.79 bits per heavy atom. The third-order valence-electron chi connectivity index (χ3n) is 4.79. The predicted molar refractivity (Wildman–Crippen MR) is 134 cm³/mol. The number of anilines is 1. The molecule has 6 nitrogen and oxygen atoms in total. The smallest absolute Gasteiger partial charge is 0.329 e. The summed E-state index contributed by atoms with van der Waals surface area (Å²) in [6, 6.07) is 16.7. The molecule has 3 aromatic carbocycles. The minimum atomic E-state index is -0.929. The van der Waals surface area contributed by atoms with Gasteiger partial charge in [0.25, 0.3) is 11.8 Å². The lowest BCUT2D eigenvalue weighted by Crippen LogP contribution is -2.43. The first-order valence-corrected chi connectivity index (χ1v) is 12.2. The molecule has 0 heterocycles. The Balaban J connectivity index is 1.62. The Morgan fingerprint density at radius 3 is 2.55 bits per heavy atom. The van der Waals surface area contributed by atoms with E-state index in [-0.39, 0.29) is 10.6 Å². The van der Waals surface area contributed by atoms with Crippen LogP contribution in [-0.2, 0) is 14.3 Å². The lowest BCUT2D eigenvalue weighted by molar-refractivity contribution is -0.149. The molecule has 33 heavy (non-hydrogen) atoms. The molecule has 1 atom stereocenters. The number of thioether (sulfide) groups is 1. The monoisotopic (exact) mass is 504 g/mol. The minimum Gasteiger partial charge on any atom is -0.454 e. The normalized spacial score (nSPS) is 11.6. The number of nitrogens with one attached hydrogen (secondary N) is 2. The van der Waals surface area contributed by atoms with Crippen LogP contribution in [0.4, 0.5) is 5.69 Å². The van der Waals surface area contributed by atoms with Gasteiger partial charge in [-0.1, -0.05) is 59.6 Å². The topological polar surface area (TPSA) is 84.5 Å². The van der Waals surface area contributed by atoms with E-state index in [0.29, 0.717) is 22.9 Å². The lowest BCUT2D eigenvalue weighted by Gasteiger charge is -2.18. The number of rotatable bonds is 9.